The molecule has 2 rings (SSSR count). The van der Waals surface area contributed by atoms with Gasteiger partial charge in [-0.15, -0.1) is 0 Å². The Labute approximate surface area is 113 Å². The third-order valence-electron chi connectivity index (χ3n) is 3.62. The molecule has 1 aromatic rings. The highest BCUT2D eigenvalue weighted by atomic mass is 16.5. The van der Waals surface area contributed by atoms with Gasteiger partial charge in [0, 0.05) is 6.54 Å². The maximum Gasteiger partial charge on any atom is 0.407 e. The summed E-state index contributed by atoms with van der Waals surface area (Å²) in [4.78, 5) is 11.4. The Morgan fingerprint density at radius 1 is 1.37 bits per heavy atom. The highest BCUT2D eigenvalue weighted by Crippen LogP contribution is 2.30. The summed E-state index contributed by atoms with van der Waals surface area (Å²) < 4.78 is 5.08. The fourth-order valence-corrected chi connectivity index (χ4v) is 2.16. The Hall–Kier alpha value is -1.55. The summed E-state index contributed by atoms with van der Waals surface area (Å²) in [6.45, 7) is 0.739. The number of hydrogen-bond donors (Lipinski definition) is 2. The first-order valence-corrected chi connectivity index (χ1v) is 6.88. The van der Waals surface area contributed by atoms with E-state index in [9.17, 15) is 9.90 Å². The van der Waals surface area contributed by atoms with Gasteiger partial charge in [-0.25, -0.2) is 4.79 Å². The van der Waals surface area contributed by atoms with E-state index in [1.165, 1.54) is 6.42 Å². The van der Waals surface area contributed by atoms with Crippen LogP contribution < -0.4 is 5.32 Å². The lowest BCUT2D eigenvalue weighted by molar-refractivity contribution is 0.0553. The maximum absolute atomic E-state index is 11.4. The van der Waals surface area contributed by atoms with Crippen LogP contribution >= 0.6 is 0 Å². The number of aliphatic hydroxyl groups is 1. The minimum atomic E-state index is -0.426. The lowest BCUT2D eigenvalue weighted by atomic mass is 9.80. The maximum atomic E-state index is 11.4. The van der Waals surface area contributed by atoms with Crippen LogP contribution in [0.4, 0.5) is 4.79 Å². The summed E-state index contributed by atoms with van der Waals surface area (Å²) >= 11 is 0. The fraction of sp³-hybridized carbons (Fsp3) is 0.533. The minimum Gasteiger partial charge on any atom is -0.445 e. The Morgan fingerprint density at radius 3 is 2.74 bits per heavy atom. The van der Waals surface area contributed by atoms with Gasteiger partial charge >= 0.3 is 6.09 Å². The Bertz CT molecular complexity index is 390. The summed E-state index contributed by atoms with van der Waals surface area (Å²) in [5.74, 6) is 0.433. The smallest absolute Gasteiger partial charge is 0.407 e. The average molecular weight is 263 g/mol. The van der Waals surface area contributed by atoms with Gasteiger partial charge in [0.05, 0.1) is 6.10 Å². The second kappa shape index (κ2) is 7.14. The van der Waals surface area contributed by atoms with Crippen molar-refractivity contribution in [2.24, 2.45) is 5.92 Å². The van der Waals surface area contributed by atoms with E-state index in [0.29, 0.717) is 18.9 Å². The number of carbonyl (C=O) groups is 1. The van der Waals surface area contributed by atoms with Crippen molar-refractivity contribution in [3.8, 4) is 0 Å². The Morgan fingerprint density at radius 2 is 2.11 bits per heavy atom. The van der Waals surface area contributed by atoms with Crippen molar-refractivity contribution in [3.63, 3.8) is 0 Å². The van der Waals surface area contributed by atoms with Crippen LogP contribution in [0.1, 0.15) is 31.2 Å². The zero-order chi connectivity index (χ0) is 13.5. The molecule has 2 N–H and O–H groups in total. The van der Waals surface area contributed by atoms with Crippen LogP contribution in [0.2, 0.25) is 0 Å². The van der Waals surface area contributed by atoms with Crippen LogP contribution in [0.25, 0.3) is 0 Å². The number of ether oxygens (including phenoxy) is 1. The molecule has 1 aliphatic rings. The van der Waals surface area contributed by atoms with Gasteiger partial charge in [-0.2, -0.15) is 0 Å². The molecular weight excluding hydrogens is 242 g/mol. The highest BCUT2D eigenvalue weighted by Gasteiger charge is 2.25. The monoisotopic (exact) mass is 263 g/mol. The number of hydrogen-bond acceptors (Lipinski definition) is 3. The van der Waals surface area contributed by atoms with E-state index in [1.807, 2.05) is 30.3 Å². The van der Waals surface area contributed by atoms with Crippen molar-refractivity contribution in [1.82, 2.24) is 5.32 Å². The van der Waals surface area contributed by atoms with Gasteiger partial charge in [0.25, 0.3) is 0 Å². The van der Waals surface area contributed by atoms with E-state index in [4.69, 9.17) is 4.74 Å². The number of amides is 1. The molecule has 1 aromatic carbocycles. The summed E-state index contributed by atoms with van der Waals surface area (Å²) in [5.41, 5.74) is 0.965. The van der Waals surface area contributed by atoms with Gasteiger partial charge in [0.1, 0.15) is 6.61 Å². The van der Waals surface area contributed by atoms with Gasteiger partial charge in [0.15, 0.2) is 0 Å². The van der Waals surface area contributed by atoms with E-state index in [0.717, 1.165) is 18.4 Å². The molecular formula is C15H21NO3. The number of alkyl carbamates (subject to hydrolysis) is 1. The zero-order valence-corrected chi connectivity index (χ0v) is 11.0. The predicted molar refractivity (Wildman–Crippen MR) is 72.6 cm³/mol. The van der Waals surface area contributed by atoms with Crippen molar-refractivity contribution >= 4 is 6.09 Å². The van der Waals surface area contributed by atoms with Crippen LogP contribution in [0.5, 0.6) is 0 Å². The van der Waals surface area contributed by atoms with Crippen LogP contribution in [0.15, 0.2) is 30.3 Å². The van der Waals surface area contributed by atoms with Crippen molar-refractivity contribution in [2.45, 2.75) is 38.4 Å². The van der Waals surface area contributed by atoms with Crippen molar-refractivity contribution < 1.29 is 14.6 Å². The lowest BCUT2D eigenvalue weighted by Crippen LogP contribution is -2.32. The molecule has 0 aliphatic heterocycles. The quantitative estimate of drug-likeness (QED) is 0.829. The molecule has 4 nitrogen and oxygen atoms in total. The summed E-state index contributed by atoms with van der Waals surface area (Å²) in [5, 5.41) is 12.5. The summed E-state index contributed by atoms with van der Waals surface area (Å²) in [7, 11) is 0. The molecule has 0 spiro atoms. The van der Waals surface area contributed by atoms with Gasteiger partial charge < -0.3 is 15.2 Å². The molecule has 0 saturated heterocycles. The van der Waals surface area contributed by atoms with E-state index in [1.54, 1.807) is 0 Å². The molecule has 0 heterocycles. The van der Waals surface area contributed by atoms with E-state index in [-0.39, 0.29) is 12.7 Å². The first-order valence-electron chi connectivity index (χ1n) is 6.88. The number of aliphatic hydroxyl groups excluding tert-OH is 1. The molecule has 4 heteroatoms. The highest BCUT2D eigenvalue weighted by molar-refractivity contribution is 5.67. The van der Waals surface area contributed by atoms with Gasteiger partial charge in [-0.3, -0.25) is 0 Å². The SMILES string of the molecule is O=C(NCCC(O)C1CCC1)OCc1ccccc1. The molecule has 1 atom stereocenters. The first-order chi connectivity index (χ1) is 9.25. The number of rotatable bonds is 6. The Kier molecular flexibility index (Phi) is 5.21. The molecule has 1 amide bonds. The second-order valence-electron chi connectivity index (χ2n) is 5.04. The van der Waals surface area contributed by atoms with E-state index in [2.05, 4.69) is 5.32 Å². The topological polar surface area (TPSA) is 58.6 Å². The van der Waals surface area contributed by atoms with E-state index >= 15 is 0 Å². The van der Waals surface area contributed by atoms with Crippen molar-refractivity contribution in [3.05, 3.63) is 35.9 Å². The van der Waals surface area contributed by atoms with Crippen molar-refractivity contribution in [2.75, 3.05) is 6.54 Å². The largest absolute Gasteiger partial charge is 0.445 e. The van der Waals surface area contributed by atoms with Crippen LogP contribution in [0, 0.1) is 5.92 Å². The second-order valence-corrected chi connectivity index (χ2v) is 5.04. The van der Waals surface area contributed by atoms with Crippen LogP contribution in [-0.2, 0) is 11.3 Å². The zero-order valence-electron chi connectivity index (χ0n) is 11.0. The van der Waals surface area contributed by atoms with Crippen LogP contribution in [0.3, 0.4) is 0 Å². The van der Waals surface area contributed by atoms with Gasteiger partial charge in [0.2, 0.25) is 0 Å². The number of benzene rings is 1. The molecule has 1 fully saturated rings. The molecule has 1 aliphatic carbocycles. The standard InChI is InChI=1S/C15H21NO3/c17-14(13-7-4-8-13)9-10-16-15(18)19-11-12-5-2-1-3-6-12/h1-3,5-6,13-14,17H,4,7-11H2,(H,16,18). The summed E-state index contributed by atoms with van der Waals surface area (Å²) in [6.07, 6.45) is 3.33. The molecule has 19 heavy (non-hydrogen) atoms. The predicted octanol–water partition coefficient (Wildman–Crippen LogP) is 2.46. The molecule has 0 aromatic heterocycles. The fourth-order valence-electron chi connectivity index (χ4n) is 2.16. The number of carbonyl (C=O) groups excluding carboxylic acids is 1. The van der Waals surface area contributed by atoms with Crippen molar-refractivity contribution in [1.29, 1.82) is 0 Å². The third-order valence-corrected chi connectivity index (χ3v) is 3.62. The first kappa shape index (κ1) is 13.9. The third kappa shape index (κ3) is 4.56. The van der Waals surface area contributed by atoms with Gasteiger partial charge in [-0.05, 0) is 30.7 Å². The molecule has 0 bridgehead atoms. The van der Waals surface area contributed by atoms with Crippen LogP contribution in [-0.4, -0.2) is 23.8 Å². The molecule has 1 unspecified atom stereocenters. The molecule has 1 saturated carbocycles. The average Bonchev–Trinajstić information content (AvgIpc) is 2.35. The lowest BCUT2D eigenvalue weighted by Gasteiger charge is -2.30. The normalized spacial score (nSPS) is 16.5. The Balaban J connectivity index is 1.57. The van der Waals surface area contributed by atoms with E-state index < -0.39 is 6.09 Å². The summed E-state index contributed by atoms with van der Waals surface area (Å²) in [6, 6.07) is 9.56. The minimum absolute atomic E-state index is 0.276. The number of nitrogens with one attached hydrogen (secondary N) is 1. The molecule has 104 valence electrons. The molecule has 0 radical (unpaired) electrons. The van der Waals surface area contributed by atoms with Gasteiger partial charge in [-0.1, -0.05) is 36.8 Å².